The lowest BCUT2D eigenvalue weighted by molar-refractivity contribution is -0.151. The fraction of sp³-hybridized carbons (Fsp3) is 0.900. The van der Waals surface area contributed by atoms with E-state index in [0.29, 0.717) is 13.2 Å². The molecule has 0 heterocycles. The average molecular weight is 201 g/mol. The molecule has 1 rings (SSSR count). The number of methoxy groups -OCH3 is 1. The second-order valence-electron chi connectivity index (χ2n) is 3.72. The van der Waals surface area contributed by atoms with E-state index in [1.165, 1.54) is 0 Å². The number of hydrogen-bond donors (Lipinski definition) is 1. The first-order valence-electron chi connectivity index (χ1n) is 5.17. The molecule has 0 saturated heterocycles. The summed E-state index contributed by atoms with van der Waals surface area (Å²) >= 11 is 0. The Hall–Kier alpha value is -0.610. The molecule has 4 nitrogen and oxygen atoms in total. The lowest BCUT2D eigenvalue weighted by Gasteiger charge is -2.26. The van der Waals surface area contributed by atoms with Gasteiger partial charge in [-0.05, 0) is 12.8 Å². The summed E-state index contributed by atoms with van der Waals surface area (Å²) in [4.78, 5) is 11.5. The number of rotatable bonds is 4. The van der Waals surface area contributed by atoms with Gasteiger partial charge in [-0.1, -0.05) is 12.8 Å². The zero-order valence-corrected chi connectivity index (χ0v) is 8.70. The zero-order valence-electron chi connectivity index (χ0n) is 8.70. The summed E-state index contributed by atoms with van der Waals surface area (Å²) in [5, 5.41) is 0. The SMILES string of the molecule is COCCOC(=O)C1CCCCC1N. The van der Waals surface area contributed by atoms with Crippen molar-refractivity contribution in [1.29, 1.82) is 0 Å². The quantitative estimate of drug-likeness (QED) is 0.537. The second-order valence-corrected chi connectivity index (χ2v) is 3.72. The molecule has 4 heteroatoms. The summed E-state index contributed by atoms with van der Waals surface area (Å²) in [5.74, 6) is -0.255. The van der Waals surface area contributed by atoms with Gasteiger partial charge >= 0.3 is 5.97 Å². The smallest absolute Gasteiger partial charge is 0.310 e. The number of esters is 1. The Labute approximate surface area is 84.7 Å². The maximum atomic E-state index is 11.5. The molecular formula is C10H19NO3. The van der Waals surface area contributed by atoms with E-state index in [-0.39, 0.29) is 17.9 Å². The Kier molecular flexibility index (Phi) is 4.90. The first kappa shape index (κ1) is 11.5. The van der Waals surface area contributed by atoms with Crippen LogP contribution in [0.1, 0.15) is 25.7 Å². The van der Waals surface area contributed by atoms with Gasteiger partial charge in [-0.3, -0.25) is 4.79 Å². The molecule has 0 aliphatic heterocycles. The lowest BCUT2D eigenvalue weighted by atomic mass is 9.85. The van der Waals surface area contributed by atoms with Crippen molar-refractivity contribution in [2.45, 2.75) is 31.7 Å². The minimum Gasteiger partial charge on any atom is -0.463 e. The first-order valence-corrected chi connectivity index (χ1v) is 5.17. The van der Waals surface area contributed by atoms with Gasteiger partial charge in [0.25, 0.3) is 0 Å². The molecule has 2 atom stereocenters. The molecule has 0 spiro atoms. The molecular weight excluding hydrogens is 182 g/mol. The average Bonchev–Trinajstić information content (AvgIpc) is 2.18. The lowest BCUT2D eigenvalue weighted by Crippen LogP contribution is -2.39. The third kappa shape index (κ3) is 3.27. The van der Waals surface area contributed by atoms with Gasteiger partial charge in [0.2, 0.25) is 0 Å². The molecule has 0 aromatic heterocycles. The Morgan fingerprint density at radius 1 is 1.36 bits per heavy atom. The fourth-order valence-corrected chi connectivity index (χ4v) is 1.78. The molecule has 0 bridgehead atoms. The van der Waals surface area contributed by atoms with E-state index >= 15 is 0 Å². The van der Waals surface area contributed by atoms with Crippen LogP contribution in [0.5, 0.6) is 0 Å². The van der Waals surface area contributed by atoms with Crippen LogP contribution in [0.4, 0.5) is 0 Å². The number of ether oxygens (including phenoxy) is 2. The number of carbonyl (C=O) groups is 1. The Bertz CT molecular complexity index is 184. The van der Waals surface area contributed by atoms with Crippen LogP contribution in [0.3, 0.4) is 0 Å². The van der Waals surface area contributed by atoms with Gasteiger partial charge in [0, 0.05) is 13.2 Å². The summed E-state index contributed by atoms with van der Waals surface area (Å²) in [6, 6.07) is -0.0150. The maximum Gasteiger partial charge on any atom is 0.310 e. The third-order valence-electron chi connectivity index (χ3n) is 2.65. The van der Waals surface area contributed by atoms with Crippen molar-refractivity contribution in [2.75, 3.05) is 20.3 Å². The Morgan fingerprint density at radius 3 is 2.71 bits per heavy atom. The van der Waals surface area contributed by atoms with Crippen molar-refractivity contribution in [2.24, 2.45) is 11.7 Å². The van der Waals surface area contributed by atoms with Gasteiger partial charge in [0.05, 0.1) is 12.5 Å². The van der Waals surface area contributed by atoms with Crippen molar-refractivity contribution in [3.8, 4) is 0 Å². The minimum atomic E-state index is -0.158. The van der Waals surface area contributed by atoms with Crippen molar-refractivity contribution in [1.82, 2.24) is 0 Å². The van der Waals surface area contributed by atoms with E-state index in [0.717, 1.165) is 25.7 Å². The van der Waals surface area contributed by atoms with E-state index in [2.05, 4.69) is 0 Å². The summed E-state index contributed by atoms with van der Waals surface area (Å²) < 4.78 is 9.85. The maximum absolute atomic E-state index is 11.5. The fourth-order valence-electron chi connectivity index (χ4n) is 1.78. The highest BCUT2D eigenvalue weighted by Gasteiger charge is 2.29. The molecule has 2 unspecified atom stereocenters. The molecule has 0 amide bonds. The number of nitrogens with two attached hydrogens (primary N) is 1. The van der Waals surface area contributed by atoms with Crippen LogP contribution in [0.15, 0.2) is 0 Å². The van der Waals surface area contributed by atoms with E-state index in [9.17, 15) is 4.79 Å². The number of hydrogen-bond acceptors (Lipinski definition) is 4. The largest absolute Gasteiger partial charge is 0.463 e. The molecule has 2 N–H and O–H groups in total. The normalized spacial score (nSPS) is 27.3. The van der Waals surface area contributed by atoms with Crippen LogP contribution >= 0.6 is 0 Å². The van der Waals surface area contributed by atoms with Gasteiger partial charge in [-0.25, -0.2) is 0 Å². The number of carbonyl (C=O) groups excluding carboxylic acids is 1. The predicted octanol–water partition coefficient (Wildman–Crippen LogP) is 0.694. The molecule has 0 aromatic carbocycles. The molecule has 1 fully saturated rings. The van der Waals surface area contributed by atoms with Crippen molar-refractivity contribution < 1.29 is 14.3 Å². The molecule has 14 heavy (non-hydrogen) atoms. The highest BCUT2D eigenvalue weighted by molar-refractivity contribution is 5.73. The minimum absolute atomic E-state index is 0.0150. The van der Waals surface area contributed by atoms with Crippen LogP contribution in [0.25, 0.3) is 0 Å². The van der Waals surface area contributed by atoms with Gasteiger partial charge < -0.3 is 15.2 Å². The van der Waals surface area contributed by atoms with E-state index in [1.54, 1.807) is 7.11 Å². The Morgan fingerprint density at radius 2 is 2.07 bits per heavy atom. The van der Waals surface area contributed by atoms with Crippen LogP contribution in [-0.2, 0) is 14.3 Å². The van der Waals surface area contributed by atoms with Crippen LogP contribution in [0.2, 0.25) is 0 Å². The first-order chi connectivity index (χ1) is 6.75. The molecule has 1 saturated carbocycles. The highest BCUT2D eigenvalue weighted by atomic mass is 16.6. The van der Waals surface area contributed by atoms with Gasteiger partial charge in [-0.15, -0.1) is 0 Å². The molecule has 1 aliphatic carbocycles. The van der Waals surface area contributed by atoms with Crippen LogP contribution in [0, 0.1) is 5.92 Å². The second kappa shape index (κ2) is 5.98. The van der Waals surface area contributed by atoms with E-state index in [4.69, 9.17) is 15.2 Å². The van der Waals surface area contributed by atoms with Crippen molar-refractivity contribution in [3.05, 3.63) is 0 Å². The van der Waals surface area contributed by atoms with Gasteiger partial charge in [0.15, 0.2) is 0 Å². The highest BCUT2D eigenvalue weighted by Crippen LogP contribution is 2.23. The standard InChI is InChI=1S/C10H19NO3/c1-13-6-7-14-10(12)8-4-2-3-5-9(8)11/h8-9H,2-7,11H2,1H3. The summed E-state index contributed by atoms with van der Waals surface area (Å²) in [6.45, 7) is 0.784. The van der Waals surface area contributed by atoms with Gasteiger partial charge in [-0.2, -0.15) is 0 Å². The molecule has 82 valence electrons. The summed E-state index contributed by atoms with van der Waals surface area (Å²) in [5.41, 5.74) is 5.85. The zero-order chi connectivity index (χ0) is 10.4. The molecule has 0 aromatic rings. The predicted molar refractivity (Wildman–Crippen MR) is 52.8 cm³/mol. The van der Waals surface area contributed by atoms with Crippen LogP contribution in [-0.4, -0.2) is 32.3 Å². The Balaban J connectivity index is 2.27. The summed E-state index contributed by atoms with van der Waals surface area (Å²) in [7, 11) is 1.58. The van der Waals surface area contributed by atoms with E-state index < -0.39 is 0 Å². The monoisotopic (exact) mass is 201 g/mol. The van der Waals surface area contributed by atoms with Crippen molar-refractivity contribution in [3.63, 3.8) is 0 Å². The molecule has 0 radical (unpaired) electrons. The third-order valence-corrected chi connectivity index (χ3v) is 2.65. The summed E-state index contributed by atoms with van der Waals surface area (Å²) in [6.07, 6.45) is 4.01. The van der Waals surface area contributed by atoms with Crippen molar-refractivity contribution >= 4 is 5.97 Å². The van der Waals surface area contributed by atoms with Crippen LogP contribution < -0.4 is 5.73 Å². The topological polar surface area (TPSA) is 61.5 Å². The molecule has 1 aliphatic rings. The van der Waals surface area contributed by atoms with E-state index in [1.807, 2.05) is 0 Å². The van der Waals surface area contributed by atoms with Gasteiger partial charge in [0.1, 0.15) is 6.61 Å².